The lowest BCUT2D eigenvalue weighted by Crippen LogP contribution is -2.23. The Labute approximate surface area is 142 Å². The second-order valence-electron chi connectivity index (χ2n) is 6.34. The molecule has 1 atom stereocenters. The topological polar surface area (TPSA) is 50.1 Å². The lowest BCUT2D eigenvalue weighted by molar-refractivity contribution is 0.267. The fraction of sp³-hybridized carbons (Fsp3) is 0.500. The molecule has 23 heavy (non-hydrogen) atoms. The Morgan fingerprint density at radius 3 is 2.61 bits per heavy atom. The van der Waals surface area contributed by atoms with Gasteiger partial charge in [0.05, 0.1) is 18.8 Å². The molecule has 1 aliphatic rings. The van der Waals surface area contributed by atoms with Crippen molar-refractivity contribution >= 4 is 11.6 Å². The molecule has 0 amide bonds. The minimum absolute atomic E-state index is 0.115. The Bertz CT molecular complexity index is 662. The zero-order valence-corrected chi connectivity index (χ0v) is 14.5. The molecular weight excluding hydrogens is 310 g/mol. The van der Waals surface area contributed by atoms with Crippen LogP contribution >= 0.6 is 11.6 Å². The van der Waals surface area contributed by atoms with Crippen molar-refractivity contribution in [1.82, 2.24) is 15.1 Å². The van der Waals surface area contributed by atoms with Crippen molar-refractivity contribution in [3.05, 3.63) is 51.8 Å². The molecular formula is C18H24ClN3O. The lowest BCUT2D eigenvalue weighted by Gasteiger charge is -2.19. The van der Waals surface area contributed by atoms with Gasteiger partial charge in [-0.05, 0) is 50.3 Å². The lowest BCUT2D eigenvalue weighted by atomic mass is 10.0. The van der Waals surface area contributed by atoms with Crippen molar-refractivity contribution in [2.24, 2.45) is 5.92 Å². The molecule has 1 heterocycles. The van der Waals surface area contributed by atoms with E-state index < -0.39 is 0 Å². The summed E-state index contributed by atoms with van der Waals surface area (Å²) in [5, 5.41) is 18.1. The Morgan fingerprint density at radius 2 is 2.00 bits per heavy atom. The van der Waals surface area contributed by atoms with Gasteiger partial charge < -0.3 is 10.4 Å². The molecule has 2 aromatic rings. The van der Waals surface area contributed by atoms with E-state index in [1.165, 1.54) is 24.0 Å². The minimum atomic E-state index is 0.115. The van der Waals surface area contributed by atoms with E-state index in [1.54, 1.807) is 0 Å². The summed E-state index contributed by atoms with van der Waals surface area (Å²) < 4.78 is 1.89. The van der Waals surface area contributed by atoms with Crippen LogP contribution in [0.4, 0.5) is 0 Å². The number of rotatable bonds is 7. The molecule has 124 valence electrons. The van der Waals surface area contributed by atoms with Crippen molar-refractivity contribution in [2.45, 2.75) is 45.8 Å². The highest BCUT2D eigenvalue weighted by Crippen LogP contribution is 2.41. The van der Waals surface area contributed by atoms with Gasteiger partial charge >= 0.3 is 0 Å². The number of benzene rings is 1. The van der Waals surface area contributed by atoms with Crippen LogP contribution in [0.1, 0.15) is 41.4 Å². The summed E-state index contributed by atoms with van der Waals surface area (Å²) in [4.78, 5) is 0. The highest BCUT2D eigenvalue weighted by atomic mass is 35.5. The molecule has 2 N–H and O–H groups in total. The fourth-order valence-electron chi connectivity index (χ4n) is 3.17. The zero-order valence-electron chi connectivity index (χ0n) is 13.7. The standard InChI is InChI=1S/C18H24ClN3O/c1-12-17(13(2)22(21-12)9-10-23)11-20-18(14-3-4-14)15-5-7-16(19)8-6-15/h5-8,14,18,20,23H,3-4,9-11H2,1-2H3/t18-/m1/s1. The average Bonchev–Trinajstić information content (AvgIpc) is 3.32. The molecule has 1 aromatic heterocycles. The minimum Gasteiger partial charge on any atom is -0.394 e. The summed E-state index contributed by atoms with van der Waals surface area (Å²) in [7, 11) is 0. The van der Waals surface area contributed by atoms with Crippen molar-refractivity contribution in [3.63, 3.8) is 0 Å². The quantitative estimate of drug-likeness (QED) is 0.816. The first-order valence-electron chi connectivity index (χ1n) is 8.22. The number of aliphatic hydroxyl groups is 1. The summed E-state index contributed by atoms with van der Waals surface area (Å²) in [6.07, 6.45) is 2.56. The third kappa shape index (κ3) is 3.77. The van der Waals surface area contributed by atoms with E-state index in [-0.39, 0.29) is 6.61 Å². The summed E-state index contributed by atoms with van der Waals surface area (Å²) in [5.41, 5.74) is 4.71. The molecule has 1 fully saturated rings. The van der Waals surface area contributed by atoms with E-state index in [1.807, 2.05) is 23.7 Å². The van der Waals surface area contributed by atoms with E-state index in [0.29, 0.717) is 18.5 Å². The first-order valence-corrected chi connectivity index (χ1v) is 8.60. The second-order valence-corrected chi connectivity index (χ2v) is 6.78. The molecule has 1 saturated carbocycles. The summed E-state index contributed by atoms with van der Waals surface area (Å²) >= 11 is 6.01. The number of aromatic nitrogens is 2. The maximum Gasteiger partial charge on any atom is 0.0644 e. The van der Waals surface area contributed by atoms with Gasteiger partial charge in [-0.3, -0.25) is 4.68 Å². The first-order chi connectivity index (χ1) is 11.1. The number of aryl methyl sites for hydroxylation is 1. The predicted molar refractivity (Wildman–Crippen MR) is 92.5 cm³/mol. The highest BCUT2D eigenvalue weighted by Gasteiger charge is 2.32. The van der Waals surface area contributed by atoms with Crippen molar-refractivity contribution in [2.75, 3.05) is 6.61 Å². The molecule has 0 radical (unpaired) electrons. The van der Waals surface area contributed by atoms with E-state index >= 15 is 0 Å². The van der Waals surface area contributed by atoms with Crippen LogP contribution < -0.4 is 5.32 Å². The van der Waals surface area contributed by atoms with Crippen molar-refractivity contribution < 1.29 is 5.11 Å². The van der Waals surface area contributed by atoms with Crippen LogP contribution in [-0.2, 0) is 13.1 Å². The van der Waals surface area contributed by atoms with Gasteiger partial charge in [0.25, 0.3) is 0 Å². The maximum absolute atomic E-state index is 9.13. The zero-order chi connectivity index (χ0) is 16.4. The van der Waals surface area contributed by atoms with Crippen LogP contribution in [0, 0.1) is 19.8 Å². The van der Waals surface area contributed by atoms with Crippen LogP contribution in [0.5, 0.6) is 0 Å². The molecule has 0 bridgehead atoms. The van der Waals surface area contributed by atoms with Crippen LogP contribution in [0.3, 0.4) is 0 Å². The molecule has 3 rings (SSSR count). The maximum atomic E-state index is 9.13. The summed E-state index contributed by atoms with van der Waals surface area (Å²) in [6.45, 7) is 5.57. The van der Waals surface area contributed by atoms with E-state index in [9.17, 15) is 0 Å². The number of hydrogen-bond donors (Lipinski definition) is 2. The number of nitrogens with zero attached hydrogens (tertiary/aromatic N) is 2. The van der Waals surface area contributed by atoms with E-state index in [2.05, 4.69) is 29.5 Å². The monoisotopic (exact) mass is 333 g/mol. The first kappa shape index (κ1) is 16.5. The Balaban J connectivity index is 1.74. The van der Waals surface area contributed by atoms with Gasteiger partial charge in [0.2, 0.25) is 0 Å². The average molecular weight is 334 g/mol. The fourth-order valence-corrected chi connectivity index (χ4v) is 3.30. The molecule has 4 nitrogen and oxygen atoms in total. The number of aliphatic hydroxyl groups excluding tert-OH is 1. The molecule has 0 unspecified atom stereocenters. The summed E-state index contributed by atoms with van der Waals surface area (Å²) in [5.74, 6) is 0.712. The number of hydrogen-bond acceptors (Lipinski definition) is 3. The Morgan fingerprint density at radius 1 is 1.30 bits per heavy atom. The summed E-state index contributed by atoms with van der Waals surface area (Å²) in [6, 6.07) is 8.53. The normalized spacial score (nSPS) is 15.8. The van der Waals surface area contributed by atoms with Crippen LogP contribution in [0.15, 0.2) is 24.3 Å². The molecule has 0 saturated heterocycles. The molecule has 5 heteroatoms. The molecule has 1 aromatic carbocycles. The van der Waals surface area contributed by atoms with Gasteiger partial charge in [-0.2, -0.15) is 5.10 Å². The van der Waals surface area contributed by atoms with Gasteiger partial charge in [-0.1, -0.05) is 23.7 Å². The van der Waals surface area contributed by atoms with Gasteiger partial charge in [0, 0.05) is 28.9 Å². The molecule has 0 spiro atoms. The molecule has 0 aliphatic heterocycles. The van der Waals surface area contributed by atoms with Gasteiger partial charge in [-0.25, -0.2) is 0 Å². The smallest absolute Gasteiger partial charge is 0.0644 e. The number of nitrogens with one attached hydrogen (secondary N) is 1. The van der Waals surface area contributed by atoms with Crippen molar-refractivity contribution in [1.29, 1.82) is 0 Å². The highest BCUT2D eigenvalue weighted by molar-refractivity contribution is 6.30. The Kier molecular flexibility index (Phi) is 5.05. The van der Waals surface area contributed by atoms with Crippen LogP contribution in [0.2, 0.25) is 5.02 Å². The van der Waals surface area contributed by atoms with Gasteiger partial charge in [0.1, 0.15) is 0 Å². The SMILES string of the molecule is Cc1nn(CCO)c(C)c1CN[C@@H](c1ccc(Cl)cc1)C1CC1. The third-order valence-electron chi connectivity index (χ3n) is 4.66. The molecule has 1 aliphatic carbocycles. The Hall–Kier alpha value is -1.36. The van der Waals surface area contributed by atoms with Crippen LogP contribution in [0.25, 0.3) is 0 Å². The second kappa shape index (κ2) is 7.04. The third-order valence-corrected chi connectivity index (χ3v) is 4.92. The largest absolute Gasteiger partial charge is 0.394 e. The van der Waals surface area contributed by atoms with Crippen LogP contribution in [-0.4, -0.2) is 21.5 Å². The predicted octanol–water partition coefficient (Wildman–Crippen LogP) is 3.39. The van der Waals surface area contributed by atoms with E-state index in [0.717, 1.165) is 23.0 Å². The van der Waals surface area contributed by atoms with E-state index in [4.69, 9.17) is 16.7 Å². The van der Waals surface area contributed by atoms with Crippen molar-refractivity contribution in [3.8, 4) is 0 Å². The number of halogens is 1. The van der Waals surface area contributed by atoms with Gasteiger partial charge in [-0.15, -0.1) is 0 Å². The van der Waals surface area contributed by atoms with Gasteiger partial charge in [0.15, 0.2) is 0 Å².